The van der Waals surface area contributed by atoms with Crippen LogP contribution in [0.3, 0.4) is 0 Å². The van der Waals surface area contributed by atoms with Gasteiger partial charge in [-0.2, -0.15) is 0 Å². The Labute approximate surface area is 214 Å². The second-order valence-corrected chi connectivity index (χ2v) is 12.8. The van der Waals surface area contributed by atoms with Gasteiger partial charge in [-0.3, -0.25) is 4.90 Å². The average Bonchev–Trinajstić information content (AvgIpc) is 2.84. The highest BCUT2D eigenvalue weighted by molar-refractivity contribution is 5.07. The van der Waals surface area contributed by atoms with Crippen molar-refractivity contribution in [3.63, 3.8) is 0 Å². The summed E-state index contributed by atoms with van der Waals surface area (Å²) in [5, 5.41) is 4.33. The summed E-state index contributed by atoms with van der Waals surface area (Å²) in [5.41, 5.74) is 0.922. The van der Waals surface area contributed by atoms with Gasteiger partial charge >= 0.3 is 0 Å². The van der Waals surface area contributed by atoms with Gasteiger partial charge in [-0.05, 0) is 38.6 Å². The maximum atomic E-state index is 4.33. The van der Waals surface area contributed by atoms with Crippen molar-refractivity contribution in [2.75, 3.05) is 19.6 Å². The van der Waals surface area contributed by atoms with Crippen LogP contribution in [0.15, 0.2) is 0 Å². The van der Waals surface area contributed by atoms with Crippen molar-refractivity contribution < 1.29 is 0 Å². The van der Waals surface area contributed by atoms with Crippen LogP contribution in [0.2, 0.25) is 0 Å². The van der Waals surface area contributed by atoms with Gasteiger partial charge in [0, 0.05) is 24.2 Å². The van der Waals surface area contributed by atoms with E-state index in [4.69, 9.17) is 0 Å². The molecular formula is C32H62N2. The van der Waals surface area contributed by atoms with Crippen molar-refractivity contribution in [2.24, 2.45) is 0 Å². The molecule has 0 aromatic heterocycles. The van der Waals surface area contributed by atoms with Gasteiger partial charge in [0.15, 0.2) is 0 Å². The fourth-order valence-corrected chi connectivity index (χ4v) is 7.62. The molecule has 0 unspecified atom stereocenters. The van der Waals surface area contributed by atoms with Crippen LogP contribution in [0.4, 0.5) is 0 Å². The Balaban J connectivity index is 1.18. The van der Waals surface area contributed by atoms with Crippen molar-refractivity contribution in [2.45, 2.75) is 185 Å². The van der Waals surface area contributed by atoms with Crippen molar-refractivity contribution in [3.05, 3.63) is 0 Å². The third-order valence-corrected chi connectivity index (χ3v) is 9.53. The highest BCUT2D eigenvalue weighted by Crippen LogP contribution is 2.40. The summed E-state index contributed by atoms with van der Waals surface area (Å²) < 4.78 is 0. The number of unbranched alkanes of at least 4 members (excludes halogenated alkanes) is 15. The number of rotatable bonds is 17. The monoisotopic (exact) mass is 474 g/mol. The van der Waals surface area contributed by atoms with E-state index in [0.717, 1.165) is 0 Å². The van der Waals surface area contributed by atoms with Crippen LogP contribution in [0, 0.1) is 0 Å². The van der Waals surface area contributed by atoms with Gasteiger partial charge in [-0.15, -0.1) is 0 Å². The Kier molecular flexibility index (Phi) is 13.9. The van der Waals surface area contributed by atoms with E-state index < -0.39 is 0 Å². The zero-order valence-electron chi connectivity index (χ0n) is 23.5. The highest BCUT2D eigenvalue weighted by Gasteiger charge is 2.47. The van der Waals surface area contributed by atoms with E-state index >= 15 is 0 Å². The smallest absolute Gasteiger partial charge is 0.0314 e. The SMILES string of the molecule is CCCCCCCCCCCCCCCCCCN1CC2(CCCCC2)NC2(CCCCC2)C1. The Bertz CT molecular complexity index is 463. The first-order valence-electron chi connectivity index (χ1n) is 16.3. The van der Waals surface area contributed by atoms with E-state index in [0.29, 0.717) is 11.1 Å². The second-order valence-electron chi connectivity index (χ2n) is 12.8. The summed E-state index contributed by atoms with van der Waals surface area (Å²) >= 11 is 0. The topological polar surface area (TPSA) is 15.3 Å². The number of hydrogen-bond donors (Lipinski definition) is 1. The van der Waals surface area contributed by atoms with Gasteiger partial charge in [-0.25, -0.2) is 0 Å². The lowest BCUT2D eigenvalue weighted by molar-refractivity contribution is 0.00417. The molecule has 0 amide bonds. The predicted molar refractivity (Wildman–Crippen MR) is 151 cm³/mol. The lowest BCUT2D eigenvalue weighted by atomic mass is 9.72. The van der Waals surface area contributed by atoms with Crippen LogP contribution in [0.25, 0.3) is 0 Å². The molecule has 2 saturated carbocycles. The third kappa shape index (κ3) is 10.5. The van der Waals surface area contributed by atoms with Gasteiger partial charge in [0.25, 0.3) is 0 Å². The number of hydrogen-bond acceptors (Lipinski definition) is 2. The number of nitrogens with zero attached hydrogens (tertiary/aromatic N) is 1. The van der Waals surface area contributed by atoms with Crippen LogP contribution < -0.4 is 5.32 Å². The van der Waals surface area contributed by atoms with Crippen molar-refractivity contribution >= 4 is 0 Å². The summed E-state index contributed by atoms with van der Waals surface area (Å²) in [6, 6.07) is 0. The zero-order valence-corrected chi connectivity index (χ0v) is 23.5. The molecule has 1 N–H and O–H groups in total. The Morgan fingerprint density at radius 2 is 0.824 bits per heavy atom. The van der Waals surface area contributed by atoms with Crippen LogP contribution in [0.1, 0.15) is 174 Å². The van der Waals surface area contributed by atoms with Crippen molar-refractivity contribution in [1.82, 2.24) is 10.2 Å². The highest BCUT2D eigenvalue weighted by atomic mass is 15.3. The molecule has 3 aliphatic rings. The van der Waals surface area contributed by atoms with Gasteiger partial charge in [0.05, 0.1) is 0 Å². The molecule has 3 fully saturated rings. The van der Waals surface area contributed by atoms with E-state index in [1.54, 1.807) is 0 Å². The van der Waals surface area contributed by atoms with Crippen LogP contribution in [-0.4, -0.2) is 35.6 Å². The molecule has 2 spiro atoms. The first-order chi connectivity index (χ1) is 16.8. The van der Waals surface area contributed by atoms with Gasteiger partial charge in [0.1, 0.15) is 0 Å². The standard InChI is InChI=1S/C32H62N2/c1-2-3-4-5-6-7-8-9-10-11-12-13-14-15-16-23-28-34-29-31(24-19-17-20-25-31)33-32(30-34)26-21-18-22-27-32/h33H,2-30H2,1H3. The lowest BCUT2D eigenvalue weighted by Gasteiger charge is -2.56. The maximum absolute atomic E-state index is 4.33. The fraction of sp³-hybridized carbons (Fsp3) is 1.00. The molecule has 0 aromatic carbocycles. The molecule has 1 saturated heterocycles. The van der Waals surface area contributed by atoms with E-state index in [2.05, 4.69) is 17.1 Å². The first kappa shape index (κ1) is 28.5. The summed E-state index contributed by atoms with van der Waals surface area (Å²) in [7, 11) is 0. The molecule has 0 atom stereocenters. The van der Waals surface area contributed by atoms with Crippen LogP contribution >= 0.6 is 0 Å². The Morgan fingerprint density at radius 3 is 1.21 bits per heavy atom. The van der Waals surface area contributed by atoms with Crippen LogP contribution in [0.5, 0.6) is 0 Å². The summed E-state index contributed by atoms with van der Waals surface area (Å²) in [6.07, 6.45) is 38.0. The lowest BCUT2D eigenvalue weighted by Crippen LogP contribution is -2.71. The normalized spacial score (nSPS) is 22.5. The van der Waals surface area contributed by atoms with E-state index in [1.807, 2.05) is 0 Å². The van der Waals surface area contributed by atoms with Crippen molar-refractivity contribution in [1.29, 1.82) is 0 Å². The quantitative estimate of drug-likeness (QED) is 0.211. The first-order valence-corrected chi connectivity index (χ1v) is 16.3. The molecule has 2 heteroatoms. The van der Waals surface area contributed by atoms with E-state index in [1.165, 1.54) is 187 Å². The molecule has 1 aliphatic heterocycles. The fourth-order valence-electron chi connectivity index (χ4n) is 7.62. The minimum absolute atomic E-state index is 0.461. The molecular weight excluding hydrogens is 412 g/mol. The molecule has 0 radical (unpaired) electrons. The Morgan fingerprint density at radius 1 is 0.471 bits per heavy atom. The molecule has 200 valence electrons. The summed E-state index contributed by atoms with van der Waals surface area (Å²) in [6.45, 7) is 6.36. The summed E-state index contributed by atoms with van der Waals surface area (Å²) in [4.78, 5) is 2.91. The second kappa shape index (κ2) is 16.6. The van der Waals surface area contributed by atoms with Gasteiger partial charge in [0.2, 0.25) is 0 Å². The molecule has 1 heterocycles. The summed E-state index contributed by atoms with van der Waals surface area (Å²) in [5.74, 6) is 0. The van der Waals surface area contributed by atoms with E-state index in [9.17, 15) is 0 Å². The number of piperazine rings is 1. The van der Waals surface area contributed by atoms with E-state index in [-0.39, 0.29) is 0 Å². The predicted octanol–water partition coefficient (Wildman–Crippen LogP) is 9.56. The number of nitrogens with one attached hydrogen (secondary N) is 1. The third-order valence-electron chi connectivity index (χ3n) is 9.53. The van der Waals surface area contributed by atoms with Crippen molar-refractivity contribution in [3.8, 4) is 0 Å². The Hall–Kier alpha value is -0.0800. The van der Waals surface area contributed by atoms with Crippen LogP contribution in [-0.2, 0) is 0 Å². The molecule has 3 rings (SSSR count). The zero-order chi connectivity index (χ0) is 23.8. The molecule has 2 aliphatic carbocycles. The minimum Gasteiger partial charge on any atom is -0.303 e. The molecule has 34 heavy (non-hydrogen) atoms. The van der Waals surface area contributed by atoms with Gasteiger partial charge < -0.3 is 5.32 Å². The minimum atomic E-state index is 0.461. The average molecular weight is 475 g/mol. The molecule has 0 bridgehead atoms. The largest absolute Gasteiger partial charge is 0.303 e. The van der Waals surface area contributed by atoms with Gasteiger partial charge in [-0.1, -0.05) is 142 Å². The molecule has 2 nitrogen and oxygen atoms in total. The molecule has 0 aromatic rings. The maximum Gasteiger partial charge on any atom is 0.0314 e.